The molecule has 2 aromatic carbocycles. The third kappa shape index (κ3) is 6.54. The van der Waals surface area contributed by atoms with Crippen LogP contribution in [0, 0.1) is 6.92 Å². The highest BCUT2D eigenvalue weighted by molar-refractivity contribution is 6.05. The van der Waals surface area contributed by atoms with E-state index in [1.54, 1.807) is 32.2 Å². The first-order valence-electron chi connectivity index (χ1n) is 8.24. The largest absolute Gasteiger partial charge is 0.416 e. The second-order valence-electron chi connectivity index (χ2n) is 5.96. The van der Waals surface area contributed by atoms with Gasteiger partial charge in [-0.2, -0.15) is 13.2 Å². The van der Waals surface area contributed by atoms with E-state index in [0.717, 1.165) is 17.7 Å². The molecule has 2 aromatic rings. The molecule has 28 heavy (non-hydrogen) atoms. The van der Waals surface area contributed by atoms with Gasteiger partial charge in [0.2, 0.25) is 5.91 Å². The molecule has 0 aliphatic carbocycles. The van der Waals surface area contributed by atoms with E-state index in [2.05, 4.69) is 16.0 Å². The molecule has 0 saturated heterocycles. The molecule has 2 amide bonds. The van der Waals surface area contributed by atoms with E-state index in [9.17, 15) is 22.8 Å². The van der Waals surface area contributed by atoms with Gasteiger partial charge in [0.1, 0.15) is 0 Å². The minimum Gasteiger partial charge on any atom is -0.326 e. The number of anilines is 2. The molecule has 0 aliphatic heterocycles. The molecule has 0 aliphatic rings. The van der Waals surface area contributed by atoms with Crippen LogP contribution in [0.2, 0.25) is 0 Å². The lowest BCUT2D eigenvalue weighted by molar-refractivity contribution is -0.137. The fraction of sp³-hybridized carbons (Fsp3) is 0.263. The molecule has 9 heteroatoms. The van der Waals surface area contributed by atoms with Crippen molar-refractivity contribution in [3.63, 3.8) is 0 Å². The molecule has 0 atom stereocenters. The zero-order valence-corrected chi connectivity index (χ0v) is 16.1. The lowest BCUT2D eigenvalue weighted by Gasteiger charge is -2.12. The van der Waals surface area contributed by atoms with Gasteiger partial charge < -0.3 is 16.0 Å². The van der Waals surface area contributed by atoms with Crippen LogP contribution in [-0.2, 0) is 11.0 Å². The molecule has 152 valence electrons. The summed E-state index contributed by atoms with van der Waals surface area (Å²) in [5.41, 5.74) is 0.691. The van der Waals surface area contributed by atoms with E-state index in [1.807, 2.05) is 0 Å². The van der Waals surface area contributed by atoms with Crippen molar-refractivity contribution >= 4 is 35.6 Å². The van der Waals surface area contributed by atoms with Crippen LogP contribution in [0.1, 0.15) is 27.9 Å². The first kappa shape index (κ1) is 23.5. The first-order chi connectivity index (χ1) is 12.7. The average Bonchev–Trinajstić information content (AvgIpc) is 2.62. The smallest absolute Gasteiger partial charge is 0.326 e. The van der Waals surface area contributed by atoms with E-state index in [1.165, 1.54) is 12.1 Å². The zero-order chi connectivity index (χ0) is 20.0. The van der Waals surface area contributed by atoms with Gasteiger partial charge in [-0.15, -0.1) is 12.4 Å². The van der Waals surface area contributed by atoms with E-state index < -0.39 is 17.6 Å². The second kappa shape index (κ2) is 10.1. The van der Waals surface area contributed by atoms with Crippen LogP contribution in [-0.4, -0.2) is 25.4 Å². The molecule has 0 fully saturated rings. The second-order valence-corrected chi connectivity index (χ2v) is 5.96. The Labute approximate surface area is 167 Å². The SMILES string of the molecule is CNCCC(=O)Nc1cc(NC(=O)c2cccc(C(F)(F)F)c2)ccc1C.Cl. The molecule has 0 aromatic heterocycles. The zero-order valence-electron chi connectivity index (χ0n) is 15.3. The van der Waals surface area contributed by atoms with Gasteiger partial charge in [-0.1, -0.05) is 12.1 Å². The minimum absolute atomic E-state index is 0. The molecule has 3 N–H and O–H groups in total. The van der Waals surface area contributed by atoms with Crippen LogP contribution < -0.4 is 16.0 Å². The summed E-state index contributed by atoms with van der Waals surface area (Å²) in [6.07, 6.45) is -4.23. The maximum absolute atomic E-state index is 12.8. The van der Waals surface area contributed by atoms with Crippen LogP contribution >= 0.6 is 12.4 Å². The van der Waals surface area contributed by atoms with Gasteiger partial charge in [-0.05, 0) is 49.9 Å². The van der Waals surface area contributed by atoms with Crippen LogP contribution in [0.3, 0.4) is 0 Å². The molecular weight excluding hydrogens is 395 g/mol. The summed E-state index contributed by atoms with van der Waals surface area (Å²) in [7, 11) is 1.74. The highest BCUT2D eigenvalue weighted by Gasteiger charge is 2.30. The average molecular weight is 416 g/mol. The summed E-state index contributed by atoms with van der Waals surface area (Å²) in [6.45, 7) is 2.32. The number of benzene rings is 2. The number of hydrogen-bond acceptors (Lipinski definition) is 3. The Morgan fingerprint density at radius 1 is 1.04 bits per heavy atom. The number of carbonyl (C=O) groups is 2. The predicted molar refractivity (Wildman–Crippen MR) is 105 cm³/mol. The Kier molecular flexibility index (Phi) is 8.46. The normalized spacial score (nSPS) is 10.8. The van der Waals surface area contributed by atoms with Crippen LogP contribution in [0.15, 0.2) is 42.5 Å². The monoisotopic (exact) mass is 415 g/mol. The van der Waals surface area contributed by atoms with Crippen molar-refractivity contribution in [1.82, 2.24) is 5.32 Å². The summed E-state index contributed by atoms with van der Waals surface area (Å²) in [6, 6.07) is 9.07. The maximum Gasteiger partial charge on any atom is 0.416 e. The molecule has 0 bridgehead atoms. The molecule has 0 heterocycles. The maximum atomic E-state index is 12.8. The Morgan fingerprint density at radius 3 is 2.39 bits per heavy atom. The van der Waals surface area contributed by atoms with E-state index in [-0.39, 0.29) is 30.3 Å². The quantitative estimate of drug-likeness (QED) is 0.661. The summed E-state index contributed by atoms with van der Waals surface area (Å²) < 4.78 is 38.4. The Balaban J connectivity index is 0.00000392. The van der Waals surface area contributed by atoms with Crippen molar-refractivity contribution in [2.45, 2.75) is 19.5 Å². The van der Waals surface area contributed by atoms with E-state index >= 15 is 0 Å². The molecule has 2 rings (SSSR count). The lowest BCUT2D eigenvalue weighted by Crippen LogP contribution is -2.19. The van der Waals surface area contributed by atoms with Crippen molar-refractivity contribution in [3.05, 3.63) is 59.2 Å². The van der Waals surface area contributed by atoms with E-state index in [4.69, 9.17) is 0 Å². The fourth-order valence-electron chi connectivity index (χ4n) is 2.33. The number of hydrogen-bond donors (Lipinski definition) is 3. The summed E-state index contributed by atoms with van der Waals surface area (Å²) in [5, 5.41) is 8.17. The third-order valence-electron chi connectivity index (χ3n) is 3.82. The number of amides is 2. The van der Waals surface area contributed by atoms with Gasteiger partial charge >= 0.3 is 6.18 Å². The van der Waals surface area contributed by atoms with Crippen LogP contribution in [0.4, 0.5) is 24.5 Å². The highest BCUT2D eigenvalue weighted by Crippen LogP contribution is 2.29. The molecule has 0 saturated carbocycles. The molecule has 5 nitrogen and oxygen atoms in total. The van der Waals surface area contributed by atoms with Crippen molar-refractivity contribution in [1.29, 1.82) is 0 Å². The lowest BCUT2D eigenvalue weighted by atomic mass is 10.1. The van der Waals surface area contributed by atoms with Gasteiger partial charge in [0.15, 0.2) is 0 Å². The molecular formula is C19H21ClF3N3O2. The van der Waals surface area contributed by atoms with Crippen molar-refractivity contribution in [3.8, 4) is 0 Å². The van der Waals surface area contributed by atoms with Gasteiger partial charge in [0.05, 0.1) is 5.56 Å². The molecule has 0 spiro atoms. The topological polar surface area (TPSA) is 70.2 Å². The number of nitrogens with one attached hydrogen (secondary N) is 3. The number of rotatable bonds is 6. The van der Waals surface area contributed by atoms with Crippen molar-refractivity contribution in [2.24, 2.45) is 0 Å². The molecule has 0 unspecified atom stereocenters. The number of aryl methyl sites for hydroxylation is 1. The van der Waals surface area contributed by atoms with Gasteiger partial charge in [0, 0.05) is 29.9 Å². The Hall–Kier alpha value is -2.58. The fourth-order valence-corrected chi connectivity index (χ4v) is 2.33. The molecule has 0 radical (unpaired) electrons. The number of halogens is 4. The Morgan fingerprint density at radius 2 is 1.75 bits per heavy atom. The van der Waals surface area contributed by atoms with E-state index in [0.29, 0.717) is 17.9 Å². The van der Waals surface area contributed by atoms with Gasteiger partial charge in [-0.25, -0.2) is 0 Å². The summed E-state index contributed by atoms with van der Waals surface area (Å²) >= 11 is 0. The third-order valence-corrected chi connectivity index (χ3v) is 3.82. The highest BCUT2D eigenvalue weighted by atomic mass is 35.5. The standard InChI is InChI=1S/C19H20F3N3O2.ClH/c1-12-6-7-15(11-16(12)25-17(26)8-9-23-2)24-18(27)13-4-3-5-14(10-13)19(20,21)22;/h3-7,10-11,23H,8-9H2,1-2H3,(H,24,27)(H,25,26);1H. The minimum atomic E-state index is -4.52. The first-order valence-corrected chi connectivity index (χ1v) is 8.24. The van der Waals surface area contributed by atoms with Crippen LogP contribution in [0.25, 0.3) is 0 Å². The van der Waals surface area contributed by atoms with Crippen molar-refractivity contribution < 1.29 is 22.8 Å². The van der Waals surface area contributed by atoms with Gasteiger partial charge in [-0.3, -0.25) is 9.59 Å². The predicted octanol–water partition coefficient (Wildman–Crippen LogP) is 4.24. The van der Waals surface area contributed by atoms with Crippen LogP contribution in [0.5, 0.6) is 0 Å². The number of carbonyl (C=O) groups excluding carboxylic acids is 2. The van der Waals surface area contributed by atoms with Gasteiger partial charge in [0.25, 0.3) is 5.91 Å². The van der Waals surface area contributed by atoms with Crippen molar-refractivity contribution in [2.75, 3.05) is 24.2 Å². The Bertz CT molecular complexity index is 841. The number of alkyl halides is 3. The summed E-state index contributed by atoms with van der Waals surface area (Å²) in [4.78, 5) is 24.1. The summed E-state index contributed by atoms with van der Waals surface area (Å²) in [5.74, 6) is -0.855.